The molecule has 134 valence electrons. The summed E-state index contributed by atoms with van der Waals surface area (Å²) in [6, 6.07) is 2.57. The van der Waals surface area contributed by atoms with Crippen LogP contribution in [0.4, 0.5) is 4.79 Å². The molecular weight excluding hydrogens is 310 g/mol. The predicted molar refractivity (Wildman–Crippen MR) is 88.4 cm³/mol. The van der Waals surface area contributed by atoms with Gasteiger partial charge in [-0.3, -0.25) is 4.90 Å². The Morgan fingerprint density at radius 1 is 1.08 bits per heavy atom. The minimum Gasteiger partial charge on any atom is -0.467 e. The lowest BCUT2D eigenvalue weighted by molar-refractivity contribution is -0.160. The minimum atomic E-state index is -0.672. The molecule has 24 heavy (non-hydrogen) atoms. The molecule has 0 bridgehead atoms. The van der Waals surface area contributed by atoms with Gasteiger partial charge in [-0.05, 0) is 66.5 Å². The van der Waals surface area contributed by atoms with Crippen LogP contribution in [0.15, 0.2) is 22.8 Å². The maximum absolute atomic E-state index is 12.7. The molecule has 2 atom stereocenters. The number of likely N-dealkylation sites (tertiary alicyclic amines) is 1. The van der Waals surface area contributed by atoms with Crippen LogP contribution in [0.1, 0.15) is 66.2 Å². The number of amides is 1. The van der Waals surface area contributed by atoms with Gasteiger partial charge in [-0.15, -0.1) is 0 Å². The number of carbonyl (C=O) groups is 2. The number of hydrogen-bond donors (Lipinski definition) is 0. The van der Waals surface area contributed by atoms with Crippen molar-refractivity contribution in [3.05, 3.63) is 24.2 Å². The Hall–Kier alpha value is -1.98. The van der Waals surface area contributed by atoms with Crippen molar-refractivity contribution in [2.45, 2.75) is 77.7 Å². The van der Waals surface area contributed by atoms with Gasteiger partial charge in [0, 0.05) is 0 Å². The number of esters is 1. The van der Waals surface area contributed by atoms with E-state index in [0.29, 0.717) is 18.6 Å². The highest BCUT2D eigenvalue weighted by Crippen LogP contribution is 2.38. The third kappa shape index (κ3) is 4.52. The number of furan rings is 1. The molecule has 2 rings (SSSR count). The zero-order valence-corrected chi connectivity index (χ0v) is 15.3. The monoisotopic (exact) mass is 337 g/mol. The number of carbonyl (C=O) groups excluding carboxylic acids is 2. The Balaban J connectivity index is 2.26. The summed E-state index contributed by atoms with van der Waals surface area (Å²) in [6.45, 7) is 10.8. The maximum Gasteiger partial charge on any atom is 0.411 e. The Morgan fingerprint density at radius 3 is 2.21 bits per heavy atom. The van der Waals surface area contributed by atoms with Crippen LogP contribution < -0.4 is 0 Å². The van der Waals surface area contributed by atoms with Crippen molar-refractivity contribution in [2.24, 2.45) is 0 Å². The first-order valence-electron chi connectivity index (χ1n) is 8.25. The number of ether oxygens (including phenoxy) is 2. The largest absolute Gasteiger partial charge is 0.467 e. The van der Waals surface area contributed by atoms with E-state index in [9.17, 15) is 9.59 Å². The van der Waals surface area contributed by atoms with Crippen molar-refractivity contribution in [1.82, 2.24) is 4.90 Å². The molecule has 1 aliphatic heterocycles. The van der Waals surface area contributed by atoms with Crippen LogP contribution in [-0.4, -0.2) is 34.2 Å². The Bertz CT molecular complexity index is 580. The van der Waals surface area contributed by atoms with E-state index in [1.54, 1.807) is 39.2 Å². The van der Waals surface area contributed by atoms with Crippen molar-refractivity contribution < 1.29 is 23.5 Å². The second-order valence-corrected chi connectivity index (χ2v) is 8.05. The van der Waals surface area contributed by atoms with Gasteiger partial charge in [-0.1, -0.05) is 0 Å². The molecule has 1 saturated heterocycles. The highest BCUT2D eigenvalue weighted by atomic mass is 16.6. The smallest absolute Gasteiger partial charge is 0.411 e. The van der Waals surface area contributed by atoms with Gasteiger partial charge in [0.1, 0.15) is 23.0 Å². The van der Waals surface area contributed by atoms with Gasteiger partial charge >= 0.3 is 12.1 Å². The van der Waals surface area contributed by atoms with Crippen LogP contribution in [0.5, 0.6) is 0 Å². The Morgan fingerprint density at radius 2 is 1.71 bits per heavy atom. The van der Waals surface area contributed by atoms with Gasteiger partial charge in [0.2, 0.25) is 0 Å². The molecule has 1 aliphatic rings. The van der Waals surface area contributed by atoms with Crippen LogP contribution in [-0.2, 0) is 14.3 Å². The van der Waals surface area contributed by atoms with Gasteiger partial charge in [0.25, 0.3) is 0 Å². The first-order valence-corrected chi connectivity index (χ1v) is 8.25. The predicted octanol–water partition coefficient (Wildman–Crippen LogP) is 4.06. The van der Waals surface area contributed by atoms with Gasteiger partial charge < -0.3 is 13.9 Å². The normalized spacial score (nSPS) is 21.7. The van der Waals surface area contributed by atoms with Gasteiger partial charge in [0.15, 0.2) is 0 Å². The zero-order chi connectivity index (χ0) is 18.1. The van der Waals surface area contributed by atoms with Crippen molar-refractivity contribution in [3.63, 3.8) is 0 Å². The van der Waals surface area contributed by atoms with Crippen LogP contribution in [0.2, 0.25) is 0 Å². The molecule has 6 nitrogen and oxygen atoms in total. The zero-order valence-electron chi connectivity index (χ0n) is 15.3. The molecule has 2 heterocycles. The van der Waals surface area contributed by atoms with Crippen LogP contribution in [0, 0.1) is 0 Å². The summed E-state index contributed by atoms with van der Waals surface area (Å²) in [5.74, 6) is 0.231. The third-order valence-corrected chi connectivity index (χ3v) is 3.54. The SMILES string of the molecule is CC(C)(C)OC(=O)[C@@H]1CCC(c2ccco2)N1C(=O)OC(C)(C)C. The van der Waals surface area contributed by atoms with Crippen LogP contribution in [0.3, 0.4) is 0 Å². The second-order valence-electron chi connectivity index (χ2n) is 8.05. The fourth-order valence-corrected chi connectivity index (χ4v) is 2.74. The molecule has 0 saturated carbocycles. The third-order valence-electron chi connectivity index (χ3n) is 3.54. The van der Waals surface area contributed by atoms with E-state index >= 15 is 0 Å². The van der Waals surface area contributed by atoms with Crippen molar-refractivity contribution in [1.29, 1.82) is 0 Å². The van der Waals surface area contributed by atoms with E-state index in [2.05, 4.69) is 0 Å². The molecule has 0 spiro atoms. The molecule has 6 heteroatoms. The Kier molecular flexibility index (Phi) is 4.97. The first-order chi connectivity index (χ1) is 11.0. The molecule has 0 aromatic carbocycles. The standard InChI is InChI=1S/C18H27NO5/c1-17(2,3)23-15(20)13-10-9-12(14-8-7-11-22-14)19(13)16(21)24-18(4,5)6/h7-8,11-13H,9-10H2,1-6H3/t12?,13-/m0/s1. The summed E-state index contributed by atoms with van der Waals surface area (Å²) in [4.78, 5) is 26.7. The summed E-state index contributed by atoms with van der Waals surface area (Å²) in [5.41, 5.74) is -1.26. The maximum atomic E-state index is 12.7. The molecule has 1 aromatic rings. The summed E-state index contributed by atoms with van der Waals surface area (Å²) in [6.07, 6.45) is 2.16. The lowest BCUT2D eigenvalue weighted by Crippen LogP contribution is -2.46. The molecule has 0 aliphatic carbocycles. The summed E-state index contributed by atoms with van der Waals surface area (Å²) in [5, 5.41) is 0. The molecule has 1 amide bonds. The average molecular weight is 337 g/mol. The molecule has 0 N–H and O–H groups in total. The second kappa shape index (κ2) is 6.49. The summed E-state index contributed by atoms with van der Waals surface area (Å²) in [7, 11) is 0. The van der Waals surface area contributed by atoms with E-state index < -0.39 is 29.3 Å². The highest BCUT2D eigenvalue weighted by Gasteiger charge is 2.46. The van der Waals surface area contributed by atoms with E-state index in [1.165, 1.54) is 4.90 Å². The van der Waals surface area contributed by atoms with E-state index in [-0.39, 0.29) is 6.04 Å². The summed E-state index contributed by atoms with van der Waals surface area (Å²) < 4.78 is 16.4. The topological polar surface area (TPSA) is 69.0 Å². The molecule has 1 fully saturated rings. The number of rotatable bonds is 2. The van der Waals surface area contributed by atoms with Gasteiger partial charge in [-0.25, -0.2) is 9.59 Å². The molecule has 1 unspecified atom stereocenters. The minimum absolute atomic E-state index is 0.327. The van der Waals surface area contributed by atoms with Crippen molar-refractivity contribution in [3.8, 4) is 0 Å². The van der Waals surface area contributed by atoms with Crippen LogP contribution in [0.25, 0.3) is 0 Å². The molecular formula is C18H27NO5. The van der Waals surface area contributed by atoms with Gasteiger partial charge in [0.05, 0.1) is 12.3 Å². The van der Waals surface area contributed by atoms with Crippen molar-refractivity contribution >= 4 is 12.1 Å². The van der Waals surface area contributed by atoms with E-state index in [0.717, 1.165) is 0 Å². The Labute approximate surface area is 143 Å². The lowest BCUT2D eigenvalue weighted by atomic mass is 10.1. The lowest BCUT2D eigenvalue weighted by Gasteiger charge is -2.32. The fraction of sp³-hybridized carbons (Fsp3) is 0.667. The number of nitrogens with zero attached hydrogens (tertiary/aromatic N) is 1. The van der Waals surface area contributed by atoms with E-state index in [1.807, 2.05) is 20.8 Å². The molecule has 1 aromatic heterocycles. The fourth-order valence-electron chi connectivity index (χ4n) is 2.74. The van der Waals surface area contributed by atoms with Crippen LogP contribution >= 0.6 is 0 Å². The number of hydrogen-bond acceptors (Lipinski definition) is 5. The van der Waals surface area contributed by atoms with Crippen molar-refractivity contribution in [2.75, 3.05) is 0 Å². The molecule has 0 radical (unpaired) electrons. The van der Waals surface area contributed by atoms with E-state index in [4.69, 9.17) is 13.9 Å². The first kappa shape index (κ1) is 18.4. The quantitative estimate of drug-likeness (QED) is 0.761. The highest BCUT2D eigenvalue weighted by molar-refractivity contribution is 5.83. The van der Waals surface area contributed by atoms with Gasteiger partial charge in [-0.2, -0.15) is 0 Å². The average Bonchev–Trinajstić information content (AvgIpc) is 3.03. The summed E-state index contributed by atoms with van der Waals surface area (Å²) >= 11 is 0.